The molecule has 3 rings (SSSR count). The lowest BCUT2D eigenvalue weighted by Crippen LogP contribution is -2.37. The van der Waals surface area contributed by atoms with Crippen molar-refractivity contribution in [3.8, 4) is 5.88 Å². The minimum Gasteiger partial charge on any atom is -0.474 e. The van der Waals surface area contributed by atoms with E-state index in [2.05, 4.69) is 20.9 Å². The van der Waals surface area contributed by atoms with Crippen molar-refractivity contribution in [3.05, 3.63) is 34.9 Å². The van der Waals surface area contributed by atoms with Crippen LogP contribution in [0.3, 0.4) is 0 Å². The number of nitrogens with two attached hydrogens (primary N) is 1. The molecule has 0 saturated heterocycles. The van der Waals surface area contributed by atoms with E-state index in [-0.39, 0.29) is 6.10 Å². The van der Waals surface area contributed by atoms with Crippen molar-refractivity contribution in [2.45, 2.75) is 18.9 Å². The van der Waals surface area contributed by atoms with Crippen LogP contribution in [0, 0.1) is 5.92 Å². The maximum absolute atomic E-state index is 5.96. The topological polar surface area (TPSA) is 48.1 Å². The lowest BCUT2D eigenvalue weighted by atomic mass is 9.82. The van der Waals surface area contributed by atoms with Gasteiger partial charge in [0.25, 0.3) is 0 Å². The molecule has 0 spiro atoms. The maximum atomic E-state index is 5.96. The van der Waals surface area contributed by atoms with Crippen LogP contribution in [-0.2, 0) is 0 Å². The molecule has 0 unspecified atom stereocenters. The van der Waals surface area contributed by atoms with Gasteiger partial charge >= 0.3 is 0 Å². The molecule has 0 bridgehead atoms. The van der Waals surface area contributed by atoms with E-state index < -0.39 is 0 Å². The van der Waals surface area contributed by atoms with E-state index in [1.54, 1.807) is 6.20 Å². The van der Waals surface area contributed by atoms with Gasteiger partial charge in [-0.25, -0.2) is 4.98 Å². The number of nitrogens with zero attached hydrogens (tertiary/aromatic N) is 1. The van der Waals surface area contributed by atoms with Gasteiger partial charge in [0.15, 0.2) is 0 Å². The second-order valence-electron chi connectivity index (χ2n) is 4.76. The average Bonchev–Trinajstić information content (AvgIpc) is 2.34. The van der Waals surface area contributed by atoms with E-state index in [0.717, 1.165) is 40.5 Å². The fraction of sp³-hybridized carbons (Fsp3) is 0.357. The Morgan fingerprint density at radius 2 is 2.11 bits per heavy atom. The van der Waals surface area contributed by atoms with Gasteiger partial charge in [-0.1, -0.05) is 22.0 Å². The number of rotatable bonds is 3. The van der Waals surface area contributed by atoms with Gasteiger partial charge in [0.05, 0.1) is 0 Å². The zero-order chi connectivity index (χ0) is 12.5. The lowest BCUT2D eigenvalue weighted by molar-refractivity contribution is 0.0664. The summed E-state index contributed by atoms with van der Waals surface area (Å²) in [5, 5.41) is 2.19. The van der Waals surface area contributed by atoms with Crippen molar-refractivity contribution in [3.63, 3.8) is 0 Å². The predicted molar refractivity (Wildman–Crippen MR) is 75.6 cm³/mol. The number of hydrogen-bond acceptors (Lipinski definition) is 3. The minimum absolute atomic E-state index is 0.274. The Morgan fingerprint density at radius 3 is 2.89 bits per heavy atom. The summed E-state index contributed by atoms with van der Waals surface area (Å²) in [7, 11) is 0. The fourth-order valence-electron chi connectivity index (χ4n) is 2.36. The summed E-state index contributed by atoms with van der Waals surface area (Å²) in [6.45, 7) is 0.758. The molecule has 1 heterocycles. The molecular formula is C14H15BrN2O. The predicted octanol–water partition coefficient (Wildman–Crippen LogP) is 3.11. The highest BCUT2D eigenvalue weighted by Crippen LogP contribution is 2.34. The van der Waals surface area contributed by atoms with Crippen LogP contribution in [0.25, 0.3) is 10.8 Å². The van der Waals surface area contributed by atoms with Gasteiger partial charge < -0.3 is 10.5 Å². The van der Waals surface area contributed by atoms with Gasteiger partial charge in [-0.05, 0) is 43.5 Å². The summed E-state index contributed by atoms with van der Waals surface area (Å²) in [6.07, 6.45) is 4.16. The van der Waals surface area contributed by atoms with Crippen molar-refractivity contribution < 1.29 is 4.74 Å². The van der Waals surface area contributed by atoms with E-state index in [4.69, 9.17) is 10.5 Å². The zero-order valence-corrected chi connectivity index (χ0v) is 11.6. The van der Waals surface area contributed by atoms with Gasteiger partial charge in [-0.3, -0.25) is 0 Å². The molecule has 1 saturated carbocycles. The second kappa shape index (κ2) is 4.86. The van der Waals surface area contributed by atoms with Crippen molar-refractivity contribution in [2.24, 2.45) is 11.7 Å². The average molecular weight is 307 g/mol. The van der Waals surface area contributed by atoms with Crippen LogP contribution in [0.5, 0.6) is 5.88 Å². The van der Waals surface area contributed by atoms with Crippen molar-refractivity contribution in [2.75, 3.05) is 6.54 Å². The first kappa shape index (κ1) is 11.9. The molecule has 0 aliphatic heterocycles. The van der Waals surface area contributed by atoms with Crippen LogP contribution >= 0.6 is 15.9 Å². The van der Waals surface area contributed by atoms with Crippen LogP contribution in [0.4, 0.5) is 0 Å². The minimum atomic E-state index is 0.274. The zero-order valence-electron chi connectivity index (χ0n) is 9.97. The highest BCUT2D eigenvalue weighted by atomic mass is 79.9. The summed E-state index contributed by atoms with van der Waals surface area (Å²) in [5.41, 5.74) is 5.62. The first-order chi connectivity index (χ1) is 8.78. The molecule has 0 radical (unpaired) electrons. The highest BCUT2D eigenvalue weighted by Gasteiger charge is 2.30. The second-order valence-corrected chi connectivity index (χ2v) is 5.62. The Hall–Kier alpha value is -1.13. The number of benzene rings is 1. The number of fused-ring (bicyclic) bond motifs is 1. The molecule has 1 aromatic carbocycles. The SMILES string of the molecule is NCC1CC(Oc2nccc3c(Br)cccc23)C1. The molecule has 1 aliphatic carbocycles. The monoisotopic (exact) mass is 306 g/mol. The molecule has 3 nitrogen and oxygen atoms in total. The molecule has 2 aromatic rings. The molecule has 2 N–H and O–H groups in total. The number of halogens is 1. The number of pyridine rings is 1. The molecule has 94 valence electrons. The third-order valence-corrected chi connectivity index (χ3v) is 4.21. The molecule has 1 fully saturated rings. The summed E-state index contributed by atoms with van der Waals surface area (Å²) in [6, 6.07) is 8.07. The van der Waals surface area contributed by atoms with Crippen LogP contribution in [0.2, 0.25) is 0 Å². The Morgan fingerprint density at radius 1 is 1.28 bits per heavy atom. The largest absolute Gasteiger partial charge is 0.474 e. The summed E-state index contributed by atoms with van der Waals surface area (Å²) >= 11 is 3.55. The quantitative estimate of drug-likeness (QED) is 0.948. The Kier molecular flexibility index (Phi) is 3.22. The smallest absolute Gasteiger partial charge is 0.221 e. The molecule has 18 heavy (non-hydrogen) atoms. The Labute approximate surface area is 114 Å². The standard InChI is InChI=1S/C14H15BrN2O/c15-13-3-1-2-12-11(13)4-5-17-14(12)18-10-6-9(7-10)8-16/h1-5,9-10H,6-8,16H2. The van der Waals surface area contributed by atoms with Crippen molar-refractivity contribution in [1.29, 1.82) is 0 Å². The van der Waals surface area contributed by atoms with Crippen LogP contribution < -0.4 is 10.5 Å². The summed E-state index contributed by atoms with van der Waals surface area (Å²) in [5.74, 6) is 1.35. The van der Waals surface area contributed by atoms with E-state index in [1.165, 1.54) is 0 Å². The Balaban J connectivity index is 1.86. The first-order valence-electron chi connectivity index (χ1n) is 6.18. The number of aromatic nitrogens is 1. The van der Waals surface area contributed by atoms with Gasteiger partial charge in [-0.2, -0.15) is 0 Å². The fourth-order valence-corrected chi connectivity index (χ4v) is 2.86. The van der Waals surface area contributed by atoms with Crippen LogP contribution in [0.1, 0.15) is 12.8 Å². The molecule has 0 atom stereocenters. The van der Waals surface area contributed by atoms with E-state index in [1.807, 2.05) is 24.3 Å². The normalized spacial score (nSPS) is 22.8. The highest BCUT2D eigenvalue weighted by molar-refractivity contribution is 9.10. The van der Waals surface area contributed by atoms with Gasteiger partial charge in [0.2, 0.25) is 5.88 Å². The third kappa shape index (κ3) is 2.10. The van der Waals surface area contributed by atoms with Crippen LogP contribution in [0.15, 0.2) is 34.9 Å². The molecular weight excluding hydrogens is 292 g/mol. The van der Waals surface area contributed by atoms with Gasteiger partial charge in [-0.15, -0.1) is 0 Å². The molecule has 0 amide bonds. The Bertz CT molecular complexity index is 567. The molecule has 4 heteroatoms. The summed E-state index contributed by atoms with van der Waals surface area (Å²) < 4.78 is 7.03. The summed E-state index contributed by atoms with van der Waals surface area (Å²) in [4.78, 5) is 4.35. The molecule has 1 aromatic heterocycles. The maximum Gasteiger partial charge on any atom is 0.221 e. The number of ether oxygens (including phenoxy) is 1. The first-order valence-corrected chi connectivity index (χ1v) is 6.97. The lowest BCUT2D eigenvalue weighted by Gasteiger charge is -2.34. The van der Waals surface area contributed by atoms with Crippen LogP contribution in [-0.4, -0.2) is 17.6 Å². The van der Waals surface area contributed by atoms with Crippen molar-refractivity contribution >= 4 is 26.7 Å². The van der Waals surface area contributed by atoms with Gasteiger partial charge in [0, 0.05) is 21.4 Å². The molecule has 1 aliphatic rings. The van der Waals surface area contributed by atoms with Gasteiger partial charge in [0.1, 0.15) is 6.10 Å². The van der Waals surface area contributed by atoms with E-state index in [0.29, 0.717) is 5.92 Å². The van der Waals surface area contributed by atoms with Crippen molar-refractivity contribution in [1.82, 2.24) is 4.98 Å². The van der Waals surface area contributed by atoms with E-state index in [9.17, 15) is 0 Å². The third-order valence-electron chi connectivity index (χ3n) is 3.52. The number of hydrogen-bond donors (Lipinski definition) is 1. The van der Waals surface area contributed by atoms with E-state index >= 15 is 0 Å².